The van der Waals surface area contributed by atoms with E-state index >= 15 is 0 Å². The number of methoxy groups -OCH3 is 1. The smallest absolute Gasteiger partial charge is 0.306 e. The Morgan fingerprint density at radius 3 is 2.67 bits per heavy atom. The SMILES string of the molecule is COC(CNC(=O)CCSC)CC(=O)O. The minimum absolute atomic E-state index is 0.0724. The lowest BCUT2D eigenvalue weighted by molar-refractivity contribution is -0.140. The van der Waals surface area contributed by atoms with Crippen LogP contribution in [0.25, 0.3) is 0 Å². The molecule has 1 amide bonds. The molecule has 0 aromatic rings. The molecule has 15 heavy (non-hydrogen) atoms. The summed E-state index contributed by atoms with van der Waals surface area (Å²) in [6.07, 6.45) is 1.82. The first-order chi connectivity index (χ1) is 7.10. The molecular weight excluding hydrogens is 218 g/mol. The number of carboxylic acid groups (broad SMARTS) is 1. The number of thioether (sulfide) groups is 1. The summed E-state index contributed by atoms with van der Waals surface area (Å²) >= 11 is 1.59. The Kier molecular flexibility index (Phi) is 8.12. The summed E-state index contributed by atoms with van der Waals surface area (Å²) in [5, 5.41) is 11.2. The highest BCUT2D eigenvalue weighted by atomic mass is 32.2. The van der Waals surface area contributed by atoms with E-state index in [-0.39, 0.29) is 18.9 Å². The summed E-state index contributed by atoms with van der Waals surface area (Å²) in [6.45, 7) is 0.246. The van der Waals surface area contributed by atoms with Crippen molar-refractivity contribution in [3.05, 3.63) is 0 Å². The van der Waals surface area contributed by atoms with Crippen LogP contribution in [0.15, 0.2) is 0 Å². The van der Waals surface area contributed by atoms with Gasteiger partial charge in [0.25, 0.3) is 0 Å². The lowest BCUT2D eigenvalue weighted by Gasteiger charge is -2.13. The van der Waals surface area contributed by atoms with Gasteiger partial charge in [0.2, 0.25) is 5.91 Å². The minimum Gasteiger partial charge on any atom is -0.481 e. The number of ether oxygens (including phenoxy) is 1. The lowest BCUT2D eigenvalue weighted by Crippen LogP contribution is -2.34. The molecule has 5 nitrogen and oxygen atoms in total. The van der Waals surface area contributed by atoms with Gasteiger partial charge in [-0.15, -0.1) is 0 Å². The van der Waals surface area contributed by atoms with Crippen LogP contribution in [0.1, 0.15) is 12.8 Å². The zero-order chi connectivity index (χ0) is 11.7. The number of amides is 1. The summed E-state index contributed by atoms with van der Waals surface area (Å²) in [5.41, 5.74) is 0. The van der Waals surface area contributed by atoms with Gasteiger partial charge in [0.1, 0.15) is 0 Å². The van der Waals surface area contributed by atoms with Crippen LogP contribution >= 0.6 is 11.8 Å². The maximum absolute atomic E-state index is 11.2. The van der Waals surface area contributed by atoms with Gasteiger partial charge in [-0.25, -0.2) is 0 Å². The third kappa shape index (κ3) is 8.26. The zero-order valence-corrected chi connectivity index (χ0v) is 9.80. The highest BCUT2D eigenvalue weighted by molar-refractivity contribution is 7.98. The van der Waals surface area contributed by atoms with E-state index in [2.05, 4.69) is 5.32 Å². The van der Waals surface area contributed by atoms with Gasteiger partial charge in [-0.1, -0.05) is 0 Å². The summed E-state index contributed by atoms with van der Waals surface area (Å²) in [7, 11) is 1.43. The zero-order valence-electron chi connectivity index (χ0n) is 8.99. The normalized spacial score (nSPS) is 12.1. The van der Waals surface area contributed by atoms with E-state index < -0.39 is 12.1 Å². The third-order valence-corrected chi connectivity index (χ3v) is 2.41. The molecular formula is C9H17NO4S. The summed E-state index contributed by atoms with van der Waals surface area (Å²) < 4.78 is 4.92. The van der Waals surface area contributed by atoms with Crippen LogP contribution in [0.2, 0.25) is 0 Å². The molecule has 0 spiro atoms. The number of nitrogens with one attached hydrogen (secondary N) is 1. The Morgan fingerprint density at radius 2 is 2.20 bits per heavy atom. The minimum atomic E-state index is -0.930. The van der Waals surface area contributed by atoms with E-state index in [0.717, 1.165) is 5.75 Å². The van der Waals surface area contributed by atoms with E-state index in [1.54, 1.807) is 11.8 Å². The second-order valence-electron chi connectivity index (χ2n) is 3.00. The van der Waals surface area contributed by atoms with Gasteiger partial charge in [-0.05, 0) is 6.26 Å². The molecule has 6 heteroatoms. The van der Waals surface area contributed by atoms with Crippen LogP contribution in [-0.4, -0.2) is 48.8 Å². The molecule has 0 saturated carbocycles. The number of rotatable bonds is 8. The highest BCUT2D eigenvalue weighted by Gasteiger charge is 2.13. The summed E-state index contributed by atoms with van der Waals surface area (Å²) in [5.74, 6) is -0.236. The number of carbonyl (C=O) groups excluding carboxylic acids is 1. The van der Waals surface area contributed by atoms with Crippen LogP contribution in [0.4, 0.5) is 0 Å². The fourth-order valence-corrected chi connectivity index (χ4v) is 1.33. The van der Waals surface area contributed by atoms with Crippen LogP contribution in [-0.2, 0) is 14.3 Å². The van der Waals surface area contributed by atoms with E-state index in [0.29, 0.717) is 6.42 Å². The highest BCUT2D eigenvalue weighted by Crippen LogP contribution is 1.97. The van der Waals surface area contributed by atoms with Crippen molar-refractivity contribution in [3.8, 4) is 0 Å². The van der Waals surface area contributed by atoms with Crippen molar-refractivity contribution in [1.82, 2.24) is 5.32 Å². The van der Waals surface area contributed by atoms with Gasteiger partial charge in [0, 0.05) is 25.8 Å². The summed E-state index contributed by atoms with van der Waals surface area (Å²) in [6, 6.07) is 0. The monoisotopic (exact) mass is 235 g/mol. The second-order valence-corrected chi connectivity index (χ2v) is 3.99. The average Bonchev–Trinajstić information content (AvgIpc) is 2.20. The predicted molar refractivity (Wildman–Crippen MR) is 59.1 cm³/mol. The molecule has 0 aliphatic carbocycles. The van der Waals surface area contributed by atoms with E-state index in [9.17, 15) is 9.59 Å². The molecule has 0 rings (SSSR count). The van der Waals surface area contributed by atoms with E-state index in [4.69, 9.17) is 9.84 Å². The van der Waals surface area contributed by atoms with Gasteiger partial charge < -0.3 is 15.2 Å². The molecule has 1 unspecified atom stereocenters. The Bertz CT molecular complexity index is 210. The largest absolute Gasteiger partial charge is 0.481 e. The van der Waals surface area contributed by atoms with Crippen molar-refractivity contribution in [2.45, 2.75) is 18.9 Å². The lowest BCUT2D eigenvalue weighted by atomic mass is 10.2. The molecule has 0 heterocycles. The number of carboxylic acids is 1. The number of carbonyl (C=O) groups is 2. The summed E-state index contributed by atoms with van der Waals surface area (Å²) in [4.78, 5) is 21.6. The van der Waals surface area contributed by atoms with Crippen LogP contribution in [0.3, 0.4) is 0 Å². The van der Waals surface area contributed by atoms with Crippen molar-refractivity contribution in [1.29, 1.82) is 0 Å². The van der Waals surface area contributed by atoms with Gasteiger partial charge in [0.05, 0.1) is 12.5 Å². The second kappa shape index (κ2) is 8.55. The molecule has 2 N–H and O–H groups in total. The molecule has 0 fully saturated rings. The molecule has 88 valence electrons. The fraction of sp³-hybridized carbons (Fsp3) is 0.778. The maximum Gasteiger partial charge on any atom is 0.306 e. The van der Waals surface area contributed by atoms with Crippen molar-refractivity contribution in [3.63, 3.8) is 0 Å². The van der Waals surface area contributed by atoms with Crippen LogP contribution < -0.4 is 5.32 Å². The first-order valence-corrected chi connectivity index (χ1v) is 5.99. The predicted octanol–water partition coefficient (Wildman–Crippen LogP) is 0.345. The Balaban J connectivity index is 3.69. The quantitative estimate of drug-likeness (QED) is 0.634. The number of hydrogen-bond acceptors (Lipinski definition) is 4. The Hall–Kier alpha value is -0.750. The molecule has 0 radical (unpaired) electrons. The fourth-order valence-electron chi connectivity index (χ4n) is 0.944. The van der Waals surface area contributed by atoms with Gasteiger partial charge in [0.15, 0.2) is 0 Å². The van der Waals surface area contributed by atoms with Gasteiger partial charge >= 0.3 is 5.97 Å². The topological polar surface area (TPSA) is 75.6 Å². The molecule has 0 bridgehead atoms. The van der Waals surface area contributed by atoms with Crippen molar-refractivity contribution in [2.24, 2.45) is 0 Å². The molecule has 0 aliphatic heterocycles. The van der Waals surface area contributed by atoms with Crippen molar-refractivity contribution in [2.75, 3.05) is 25.7 Å². The molecule has 0 aromatic heterocycles. The Morgan fingerprint density at radius 1 is 1.53 bits per heavy atom. The first-order valence-electron chi connectivity index (χ1n) is 4.60. The van der Waals surface area contributed by atoms with E-state index in [1.807, 2.05) is 6.26 Å². The molecule has 0 aromatic carbocycles. The number of aliphatic carboxylic acids is 1. The van der Waals surface area contributed by atoms with Crippen molar-refractivity contribution < 1.29 is 19.4 Å². The first kappa shape index (κ1) is 14.2. The maximum atomic E-state index is 11.2. The molecule has 1 atom stereocenters. The number of hydrogen-bond donors (Lipinski definition) is 2. The standard InChI is InChI=1S/C9H17NO4S/c1-14-7(5-9(12)13)6-10-8(11)3-4-15-2/h7H,3-6H2,1-2H3,(H,10,11)(H,12,13). The van der Waals surface area contributed by atoms with Gasteiger partial charge in [-0.3, -0.25) is 9.59 Å². The molecule has 0 aliphatic rings. The average molecular weight is 235 g/mol. The molecule has 0 saturated heterocycles. The third-order valence-electron chi connectivity index (χ3n) is 1.80. The van der Waals surface area contributed by atoms with Crippen molar-refractivity contribution >= 4 is 23.6 Å². The Labute approximate surface area is 93.6 Å². The van der Waals surface area contributed by atoms with Gasteiger partial charge in [-0.2, -0.15) is 11.8 Å². The van der Waals surface area contributed by atoms with E-state index in [1.165, 1.54) is 7.11 Å². The van der Waals surface area contributed by atoms with Crippen LogP contribution in [0, 0.1) is 0 Å². The van der Waals surface area contributed by atoms with Crippen LogP contribution in [0.5, 0.6) is 0 Å².